The zero-order valence-electron chi connectivity index (χ0n) is 16.2. The van der Waals surface area contributed by atoms with E-state index >= 15 is 0 Å². The highest BCUT2D eigenvalue weighted by Crippen LogP contribution is 2.37. The molecule has 0 saturated carbocycles. The number of nitrogens with one attached hydrogen (secondary N) is 1. The first-order chi connectivity index (χ1) is 14.6. The summed E-state index contributed by atoms with van der Waals surface area (Å²) in [7, 11) is 0. The standard InChI is InChI=1S/C22H20N2O5S/c23-11-16-15-4-2-1-3-5-19(15)30-22(16)24-20(25)12-27-21(26)9-7-14-6-8-17-18(10-14)29-13-28-17/h6-10H,1-5,12-13H2,(H,24,25). The third kappa shape index (κ3) is 4.47. The van der Waals surface area contributed by atoms with Crippen molar-refractivity contribution in [1.29, 1.82) is 5.26 Å². The molecule has 2 aromatic rings. The van der Waals surface area contributed by atoms with Crippen LogP contribution >= 0.6 is 11.3 Å². The summed E-state index contributed by atoms with van der Waals surface area (Å²) in [6.07, 6.45) is 7.93. The molecule has 1 amide bonds. The van der Waals surface area contributed by atoms with Crippen LogP contribution < -0.4 is 14.8 Å². The fraction of sp³-hybridized carbons (Fsp3) is 0.318. The van der Waals surface area contributed by atoms with Crippen molar-refractivity contribution in [2.24, 2.45) is 0 Å². The van der Waals surface area contributed by atoms with Crippen LogP contribution in [0.5, 0.6) is 11.5 Å². The van der Waals surface area contributed by atoms with Gasteiger partial charge in [0.25, 0.3) is 5.91 Å². The van der Waals surface area contributed by atoms with Crippen LogP contribution in [0.4, 0.5) is 5.00 Å². The third-order valence-electron chi connectivity index (χ3n) is 4.94. The van der Waals surface area contributed by atoms with Crippen LogP contribution in [0.3, 0.4) is 0 Å². The van der Waals surface area contributed by atoms with Gasteiger partial charge in [-0.05, 0) is 55.0 Å². The lowest BCUT2D eigenvalue weighted by Crippen LogP contribution is -2.20. The number of hydrogen-bond donors (Lipinski definition) is 1. The quantitative estimate of drug-likeness (QED) is 0.445. The molecule has 1 aromatic heterocycles. The number of carbonyl (C=O) groups excluding carboxylic acids is 2. The summed E-state index contributed by atoms with van der Waals surface area (Å²) in [5.41, 5.74) is 2.35. The van der Waals surface area contributed by atoms with Crippen molar-refractivity contribution >= 4 is 34.3 Å². The number of nitrogens with zero attached hydrogens (tertiary/aromatic N) is 1. The Bertz CT molecular complexity index is 1050. The highest BCUT2D eigenvalue weighted by atomic mass is 32.1. The van der Waals surface area contributed by atoms with Gasteiger partial charge in [0.2, 0.25) is 6.79 Å². The average molecular weight is 424 g/mol. The van der Waals surface area contributed by atoms with Crippen LogP contribution in [0, 0.1) is 11.3 Å². The van der Waals surface area contributed by atoms with Crippen molar-refractivity contribution in [3.63, 3.8) is 0 Å². The smallest absolute Gasteiger partial charge is 0.331 e. The van der Waals surface area contributed by atoms with Gasteiger partial charge in [-0.15, -0.1) is 11.3 Å². The number of rotatable bonds is 5. The maximum Gasteiger partial charge on any atom is 0.331 e. The van der Waals surface area contributed by atoms with Crippen LogP contribution in [0.2, 0.25) is 0 Å². The summed E-state index contributed by atoms with van der Waals surface area (Å²) >= 11 is 1.45. The van der Waals surface area contributed by atoms with E-state index in [0.717, 1.165) is 43.2 Å². The van der Waals surface area contributed by atoms with Crippen LogP contribution in [-0.2, 0) is 27.2 Å². The van der Waals surface area contributed by atoms with Crippen molar-refractivity contribution in [2.75, 3.05) is 18.7 Å². The molecular formula is C22H20N2O5S. The molecule has 2 aliphatic rings. The molecule has 0 bridgehead atoms. The first kappa shape index (κ1) is 20.0. The van der Waals surface area contributed by atoms with Gasteiger partial charge < -0.3 is 19.5 Å². The molecule has 8 heteroatoms. The predicted octanol–water partition coefficient (Wildman–Crippen LogP) is 3.81. The van der Waals surface area contributed by atoms with Crippen LogP contribution in [0.25, 0.3) is 6.08 Å². The average Bonchev–Trinajstić information content (AvgIpc) is 3.27. The number of carbonyl (C=O) groups is 2. The Hall–Kier alpha value is -3.31. The minimum atomic E-state index is -0.634. The highest BCUT2D eigenvalue weighted by molar-refractivity contribution is 7.16. The molecular weight excluding hydrogens is 404 g/mol. The highest BCUT2D eigenvalue weighted by Gasteiger charge is 2.21. The Morgan fingerprint density at radius 2 is 2.03 bits per heavy atom. The molecule has 1 N–H and O–H groups in total. The summed E-state index contributed by atoms with van der Waals surface area (Å²) in [4.78, 5) is 25.3. The molecule has 1 aliphatic heterocycles. The maximum atomic E-state index is 12.2. The molecule has 4 rings (SSSR count). The fourth-order valence-electron chi connectivity index (χ4n) is 3.48. The molecule has 2 heterocycles. The van der Waals surface area contributed by atoms with E-state index < -0.39 is 18.5 Å². The lowest BCUT2D eigenvalue weighted by molar-refractivity contribution is -0.142. The van der Waals surface area contributed by atoms with Crippen molar-refractivity contribution in [2.45, 2.75) is 32.1 Å². The number of thiophene rings is 1. The SMILES string of the molecule is N#Cc1c(NC(=O)COC(=O)C=Cc2ccc3c(c2)OCO3)sc2c1CCCCC2. The van der Waals surface area contributed by atoms with Gasteiger partial charge in [0.05, 0.1) is 5.56 Å². The van der Waals surface area contributed by atoms with Gasteiger partial charge in [-0.1, -0.05) is 12.5 Å². The zero-order chi connectivity index (χ0) is 20.9. The summed E-state index contributed by atoms with van der Waals surface area (Å²) in [6, 6.07) is 7.51. The molecule has 1 aliphatic carbocycles. The molecule has 0 saturated heterocycles. The summed E-state index contributed by atoms with van der Waals surface area (Å²) in [5, 5.41) is 12.8. The molecule has 0 fully saturated rings. The molecule has 7 nitrogen and oxygen atoms in total. The summed E-state index contributed by atoms with van der Waals surface area (Å²) in [6.45, 7) is -0.238. The first-order valence-corrected chi connectivity index (χ1v) is 10.5. The van der Waals surface area contributed by atoms with Gasteiger partial charge in [0.1, 0.15) is 11.1 Å². The van der Waals surface area contributed by atoms with Gasteiger partial charge in [-0.25, -0.2) is 4.79 Å². The number of benzene rings is 1. The van der Waals surface area contributed by atoms with E-state index in [9.17, 15) is 14.9 Å². The topological polar surface area (TPSA) is 97.7 Å². The van der Waals surface area contributed by atoms with Gasteiger partial charge >= 0.3 is 5.97 Å². The Morgan fingerprint density at radius 1 is 1.20 bits per heavy atom. The first-order valence-electron chi connectivity index (χ1n) is 9.73. The van der Waals surface area contributed by atoms with Crippen molar-refractivity contribution < 1.29 is 23.8 Å². The molecule has 0 spiro atoms. The number of hydrogen-bond acceptors (Lipinski definition) is 7. The van der Waals surface area contributed by atoms with Crippen LogP contribution in [0.1, 0.15) is 40.8 Å². The van der Waals surface area contributed by atoms with Gasteiger partial charge in [-0.3, -0.25) is 4.79 Å². The number of anilines is 1. The Labute approximate surface area is 177 Å². The third-order valence-corrected chi connectivity index (χ3v) is 6.15. The second-order valence-electron chi connectivity index (χ2n) is 6.98. The second-order valence-corrected chi connectivity index (χ2v) is 8.09. The molecule has 0 atom stereocenters. The molecule has 154 valence electrons. The number of fused-ring (bicyclic) bond motifs is 2. The van der Waals surface area contributed by atoms with E-state index in [2.05, 4.69) is 11.4 Å². The Kier molecular flexibility index (Phi) is 6.00. The van der Waals surface area contributed by atoms with Crippen LogP contribution in [-0.4, -0.2) is 25.3 Å². The van der Waals surface area contributed by atoms with E-state index in [0.29, 0.717) is 22.1 Å². The molecule has 30 heavy (non-hydrogen) atoms. The van der Waals surface area contributed by atoms with E-state index in [1.54, 1.807) is 24.3 Å². The predicted molar refractivity (Wildman–Crippen MR) is 111 cm³/mol. The zero-order valence-corrected chi connectivity index (χ0v) is 17.0. The van der Waals surface area contributed by atoms with Gasteiger partial charge in [-0.2, -0.15) is 5.26 Å². The monoisotopic (exact) mass is 424 g/mol. The van der Waals surface area contributed by atoms with Crippen LogP contribution in [0.15, 0.2) is 24.3 Å². The lowest BCUT2D eigenvalue weighted by Gasteiger charge is -2.04. The molecule has 0 unspecified atom stereocenters. The van der Waals surface area contributed by atoms with E-state index in [1.807, 2.05) is 0 Å². The fourth-order valence-corrected chi connectivity index (χ4v) is 4.73. The van der Waals surface area contributed by atoms with Crippen molar-refractivity contribution in [3.8, 4) is 17.6 Å². The number of esters is 1. The summed E-state index contributed by atoms with van der Waals surface area (Å²) in [5.74, 6) is 0.180. The number of nitriles is 1. The largest absolute Gasteiger partial charge is 0.454 e. The summed E-state index contributed by atoms with van der Waals surface area (Å²) < 4.78 is 15.5. The minimum Gasteiger partial charge on any atom is -0.454 e. The van der Waals surface area contributed by atoms with Gasteiger partial charge in [0.15, 0.2) is 18.1 Å². The number of aryl methyl sites for hydroxylation is 1. The molecule has 0 radical (unpaired) electrons. The Morgan fingerprint density at radius 3 is 2.90 bits per heavy atom. The van der Waals surface area contributed by atoms with E-state index in [1.165, 1.54) is 22.3 Å². The van der Waals surface area contributed by atoms with E-state index in [4.69, 9.17) is 14.2 Å². The maximum absolute atomic E-state index is 12.2. The number of ether oxygens (including phenoxy) is 3. The molecule has 1 aromatic carbocycles. The van der Waals surface area contributed by atoms with Crippen molar-refractivity contribution in [1.82, 2.24) is 0 Å². The van der Waals surface area contributed by atoms with Crippen molar-refractivity contribution in [3.05, 3.63) is 45.8 Å². The van der Waals surface area contributed by atoms with E-state index in [-0.39, 0.29) is 6.79 Å². The minimum absolute atomic E-state index is 0.181. The lowest BCUT2D eigenvalue weighted by atomic mass is 10.1. The normalized spacial score (nSPS) is 14.6. The second kappa shape index (κ2) is 9.01. The van der Waals surface area contributed by atoms with Gasteiger partial charge in [0, 0.05) is 11.0 Å². The number of amides is 1. The Balaban J connectivity index is 1.32.